The van der Waals surface area contributed by atoms with Gasteiger partial charge in [-0.2, -0.15) is 0 Å². The van der Waals surface area contributed by atoms with Crippen LogP contribution < -0.4 is 14.7 Å². The van der Waals surface area contributed by atoms with E-state index in [-0.39, 0.29) is 18.0 Å². The average Bonchev–Trinajstić information content (AvgIpc) is 3.04. The Morgan fingerprint density at radius 1 is 1.06 bits per heavy atom. The van der Waals surface area contributed by atoms with E-state index in [1.165, 1.54) is 9.80 Å². The van der Waals surface area contributed by atoms with Crippen molar-refractivity contribution < 1.29 is 24.3 Å². The molecule has 0 bridgehead atoms. The number of quaternary nitrogens is 1. The third-order valence-corrected chi connectivity index (χ3v) is 6.03. The molecule has 1 amide bonds. The number of rotatable bonds is 8. The summed E-state index contributed by atoms with van der Waals surface area (Å²) in [7, 11) is 1.57. The predicted molar refractivity (Wildman–Crippen MR) is 125 cm³/mol. The van der Waals surface area contributed by atoms with Crippen LogP contribution in [0.3, 0.4) is 0 Å². The second-order valence-corrected chi connectivity index (χ2v) is 7.90. The Morgan fingerprint density at radius 3 is 2.19 bits per heavy atom. The zero-order chi connectivity index (χ0) is 22.5. The number of likely N-dealkylation sites (tertiary alicyclic amines) is 1. The van der Waals surface area contributed by atoms with Crippen molar-refractivity contribution in [3.63, 3.8) is 0 Å². The van der Waals surface area contributed by atoms with Crippen LogP contribution in [0, 0.1) is 0 Å². The van der Waals surface area contributed by atoms with E-state index in [9.17, 15) is 14.7 Å². The van der Waals surface area contributed by atoms with Gasteiger partial charge < -0.3 is 19.6 Å². The molecule has 0 aliphatic carbocycles. The van der Waals surface area contributed by atoms with Crippen molar-refractivity contribution in [2.24, 2.45) is 0 Å². The first kappa shape index (κ1) is 25.7. The molecular weight excluding hydrogens is 451 g/mol. The SMILES string of the molecule is CC[NH+](CC)CCN1C(=O)C(=O)/C(=C(/[O-])c2ccc(Cl)cc2)C1c1ccc(OC)cc1.Cl. The molecule has 1 aliphatic rings. The number of ether oxygens (including phenoxy) is 1. The fourth-order valence-corrected chi connectivity index (χ4v) is 4.00. The highest BCUT2D eigenvalue weighted by atomic mass is 35.5. The smallest absolute Gasteiger partial charge is 0.295 e. The molecule has 1 saturated heterocycles. The lowest BCUT2D eigenvalue weighted by molar-refractivity contribution is -0.895. The molecule has 1 heterocycles. The molecular formula is C24H28Cl2N2O4. The number of carbonyl (C=O) groups excluding carboxylic acids is 2. The third-order valence-electron chi connectivity index (χ3n) is 5.77. The van der Waals surface area contributed by atoms with E-state index in [4.69, 9.17) is 16.3 Å². The van der Waals surface area contributed by atoms with E-state index in [0.717, 1.165) is 13.1 Å². The Kier molecular flexibility index (Phi) is 9.13. The molecule has 0 aromatic heterocycles. The number of hydrogen-bond acceptors (Lipinski definition) is 4. The Labute approximate surface area is 199 Å². The first-order valence-electron chi connectivity index (χ1n) is 10.4. The van der Waals surface area contributed by atoms with Crippen molar-refractivity contribution in [3.05, 3.63) is 70.3 Å². The molecule has 1 unspecified atom stereocenters. The maximum absolute atomic E-state index is 13.3. The number of ketones is 1. The number of hydrogen-bond donors (Lipinski definition) is 1. The van der Waals surface area contributed by atoms with Crippen molar-refractivity contribution in [1.29, 1.82) is 0 Å². The summed E-state index contributed by atoms with van der Waals surface area (Å²) in [4.78, 5) is 28.8. The minimum Gasteiger partial charge on any atom is -0.872 e. The Balaban J connectivity index is 0.00000363. The normalized spacial score (nSPS) is 17.5. The number of nitrogens with one attached hydrogen (secondary N) is 1. The average molecular weight is 479 g/mol. The summed E-state index contributed by atoms with van der Waals surface area (Å²) in [5, 5.41) is 13.8. The Morgan fingerprint density at radius 2 is 1.66 bits per heavy atom. The van der Waals surface area contributed by atoms with Gasteiger partial charge in [0.15, 0.2) is 0 Å². The summed E-state index contributed by atoms with van der Waals surface area (Å²) in [6.45, 7) is 7.08. The third kappa shape index (κ3) is 5.26. The quantitative estimate of drug-likeness (QED) is 0.357. The van der Waals surface area contributed by atoms with Crippen LogP contribution in [0.4, 0.5) is 0 Å². The summed E-state index contributed by atoms with van der Waals surface area (Å²) in [6, 6.07) is 12.7. The highest BCUT2D eigenvalue weighted by Crippen LogP contribution is 2.38. The molecule has 1 N–H and O–H groups in total. The van der Waals surface area contributed by atoms with E-state index in [2.05, 4.69) is 13.8 Å². The van der Waals surface area contributed by atoms with Crippen LogP contribution in [0.5, 0.6) is 5.75 Å². The zero-order valence-electron chi connectivity index (χ0n) is 18.4. The van der Waals surface area contributed by atoms with Gasteiger partial charge in [-0.3, -0.25) is 9.59 Å². The molecule has 1 atom stereocenters. The van der Waals surface area contributed by atoms with E-state index in [1.54, 1.807) is 55.6 Å². The molecule has 1 fully saturated rings. The second kappa shape index (κ2) is 11.4. The lowest BCUT2D eigenvalue weighted by atomic mass is 9.95. The molecule has 6 nitrogen and oxygen atoms in total. The van der Waals surface area contributed by atoms with Gasteiger partial charge in [-0.1, -0.05) is 41.6 Å². The second-order valence-electron chi connectivity index (χ2n) is 7.46. The number of methoxy groups -OCH3 is 1. The van der Waals surface area contributed by atoms with Gasteiger partial charge in [0.2, 0.25) is 5.78 Å². The molecule has 0 saturated carbocycles. The predicted octanol–water partition coefficient (Wildman–Crippen LogP) is 1.92. The Bertz CT molecular complexity index is 970. The number of carbonyl (C=O) groups is 2. The minimum atomic E-state index is -0.740. The maximum atomic E-state index is 13.3. The molecule has 1 aliphatic heterocycles. The van der Waals surface area contributed by atoms with E-state index < -0.39 is 23.5 Å². The van der Waals surface area contributed by atoms with Crippen molar-refractivity contribution >= 4 is 41.5 Å². The van der Waals surface area contributed by atoms with Crippen LogP contribution in [-0.4, -0.2) is 49.9 Å². The van der Waals surface area contributed by atoms with Crippen molar-refractivity contribution in [1.82, 2.24) is 4.90 Å². The van der Waals surface area contributed by atoms with Crippen LogP contribution in [-0.2, 0) is 9.59 Å². The number of benzene rings is 2. The summed E-state index contributed by atoms with van der Waals surface area (Å²) in [6.07, 6.45) is 0. The van der Waals surface area contributed by atoms with E-state index in [0.29, 0.717) is 35.0 Å². The van der Waals surface area contributed by atoms with Gasteiger partial charge in [0.05, 0.1) is 39.3 Å². The molecule has 0 spiro atoms. The van der Waals surface area contributed by atoms with Gasteiger partial charge >= 0.3 is 0 Å². The number of Topliss-reactive ketones (excluding diaryl/α,β-unsaturated/α-hetero) is 1. The number of amides is 1. The first-order chi connectivity index (χ1) is 14.9. The van der Waals surface area contributed by atoms with Crippen LogP contribution >= 0.6 is 24.0 Å². The molecule has 8 heteroatoms. The van der Waals surface area contributed by atoms with Crippen LogP contribution in [0.2, 0.25) is 5.02 Å². The monoisotopic (exact) mass is 478 g/mol. The van der Waals surface area contributed by atoms with Crippen LogP contribution in [0.1, 0.15) is 31.0 Å². The minimum absolute atomic E-state index is 0. The number of likely N-dealkylation sites (N-methyl/N-ethyl adjacent to an activating group) is 1. The lowest BCUT2D eigenvalue weighted by Crippen LogP contribution is -3.12. The molecule has 0 radical (unpaired) electrons. The van der Waals surface area contributed by atoms with Crippen molar-refractivity contribution in [2.75, 3.05) is 33.3 Å². The van der Waals surface area contributed by atoms with Crippen molar-refractivity contribution in [3.8, 4) is 5.75 Å². The van der Waals surface area contributed by atoms with Gasteiger partial charge in [-0.25, -0.2) is 0 Å². The Hall–Kier alpha value is -2.54. The van der Waals surface area contributed by atoms with Gasteiger partial charge in [0.25, 0.3) is 5.91 Å². The molecule has 3 rings (SSSR count). The standard InChI is InChI=1S/C24H27ClN2O4.ClH/c1-4-26(5-2)14-15-27-21(16-8-12-19(31-3)13-9-16)20(23(29)24(27)30)22(28)17-6-10-18(25)11-7-17;/h6-13,21,28H,4-5,14-15H2,1-3H3;1H/b22-20+;. The molecule has 2 aromatic rings. The van der Waals surface area contributed by atoms with Crippen LogP contribution in [0.25, 0.3) is 5.76 Å². The maximum Gasteiger partial charge on any atom is 0.295 e. The lowest BCUT2D eigenvalue weighted by Gasteiger charge is -2.28. The van der Waals surface area contributed by atoms with E-state index in [1.807, 2.05) is 0 Å². The first-order valence-corrected chi connectivity index (χ1v) is 10.8. The fraction of sp³-hybridized carbons (Fsp3) is 0.333. The van der Waals surface area contributed by atoms with E-state index >= 15 is 0 Å². The highest BCUT2D eigenvalue weighted by Gasteiger charge is 2.44. The molecule has 32 heavy (non-hydrogen) atoms. The summed E-state index contributed by atoms with van der Waals surface area (Å²) >= 11 is 5.94. The van der Waals surface area contributed by atoms with Gasteiger partial charge in [0, 0.05) is 10.6 Å². The van der Waals surface area contributed by atoms with Gasteiger partial charge in [-0.15, -0.1) is 12.4 Å². The summed E-state index contributed by atoms with van der Waals surface area (Å²) in [5.74, 6) is -1.17. The largest absolute Gasteiger partial charge is 0.872 e. The highest BCUT2D eigenvalue weighted by molar-refractivity contribution is 6.46. The zero-order valence-corrected chi connectivity index (χ0v) is 20.0. The van der Waals surface area contributed by atoms with Gasteiger partial charge in [-0.05, 0) is 49.2 Å². The topological polar surface area (TPSA) is 74.1 Å². The van der Waals surface area contributed by atoms with Gasteiger partial charge in [0.1, 0.15) is 5.75 Å². The molecule has 2 aromatic carbocycles. The fourth-order valence-electron chi connectivity index (χ4n) is 3.87. The number of halogens is 2. The number of nitrogens with zero attached hydrogens (tertiary/aromatic N) is 1. The molecule has 172 valence electrons. The van der Waals surface area contributed by atoms with Crippen LogP contribution in [0.15, 0.2) is 54.1 Å². The summed E-state index contributed by atoms with van der Waals surface area (Å²) in [5.41, 5.74) is 1.01. The van der Waals surface area contributed by atoms with Crippen molar-refractivity contribution in [2.45, 2.75) is 19.9 Å². The summed E-state index contributed by atoms with van der Waals surface area (Å²) < 4.78 is 5.23.